The Morgan fingerprint density at radius 3 is 2.65 bits per heavy atom. The smallest absolute Gasteiger partial charge is 0.242 e. The van der Waals surface area contributed by atoms with Crippen LogP contribution in [0.4, 0.5) is 10.9 Å². The van der Waals surface area contributed by atoms with Gasteiger partial charge in [-0.1, -0.05) is 5.16 Å². The molecule has 2 aromatic rings. The molecule has 1 aliphatic heterocycles. The molecule has 0 spiro atoms. The Hall–Kier alpha value is -1.93. The molecule has 0 saturated carbocycles. The van der Waals surface area contributed by atoms with Crippen LogP contribution in [0.5, 0.6) is 0 Å². The molecule has 1 amide bonds. The first-order valence-electron chi connectivity index (χ1n) is 7.68. The topological polar surface area (TPSA) is 74.5 Å². The summed E-state index contributed by atoms with van der Waals surface area (Å²) in [6, 6.07) is 1.51. The third kappa shape index (κ3) is 3.70. The van der Waals surface area contributed by atoms with Crippen LogP contribution in [0.25, 0.3) is 0 Å². The van der Waals surface area contributed by atoms with E-state index in [4.69, 9.17) is 4.52 Å². The lowest BCUT2D eigenvalue weighted by Crippen LogP contribution is -2.52. The van der Waals surface area contributed by atoms with E-state index in [0.29, 0.717) is 11.6 Å². The molecule has 0 aromatic carbocycles. The lowest BCUT2D eigenvalue weighted by Gasteiger charge is -2.37. The summed E-state index contributed by atoms with van der Waals surface area (Å²) < 4.78 is 4.96. The molecule has 8 heteroatoms. The second-order valence-electron chi connectivity index (χ2n) is 5.78. The van der Waals surface area contributed by atoms with Gasteiger partial charge in [0.15, 0.2) is 10.9 Å². The molecule has 1 N–H and O–H groups in total. The van der Waals surface area contributed by atoms with Crippen molar-refractivity contribution in [3.8, 4) is 0 Å². The number of carbonyl (C=O) groups excluding carboxylic acids is 1. The molecule has 7 nitrogen and oxygen atoms in total. The highest BCUT2D eigenvalue weighted by atomic mass is 32.1. The Morgan fingerprint density at radius 2 is 2.09 bits per heavy atom. The maximum atomic E-state index is 12.3. The molecule has 0 aliphatic carbocycles. The fraction of sp³-hybridized carbons (Fsp3) is 0.533. The molecule has 0 radical (unpaired) electrons. The summed E-state index contributed by atoms with van der Waals surface area (Å²) in [5, 5.41) is 9.73. The number of hydrogen-bond donors (Lipinski definition) is 1. The van der Waals surface area contributed by atoms with Gasteiger partial charge in [-0.05, 0) is 20.8 Å². The highest BCUT2D eigenvalue weighted by Gasteiger charge is 2.27. The minimum absolute atomic E-state index is 0.0585. The molecule has 3 heterocycles. The Balaban J connectivity index is 1.53. The number of rotatable bonds is 4. The van der Waals surface area contributed by atoms with Crippen LogP contribution in [-0.4, -0.2) is 53.2 Å². The van der Waals surface area contributed by atoms with Gasteiger partial charge in [0.1, 0.15) is 5.76 Å². The van der Waals surface area contributed by atoms with E-state index in [0.717, 1.165) is 37.0 Å². The largest absolute Gasteiger partial charge is 0.360 e. The van der Waals surface area contributed by atoms with E-state index in [1.807, 2.05) is 13.8 Å². The lowest BCUT2D eigenvalue weighted by molar-refractivity contribution is -0.120. The summed E-state index contributed by atoms with van der Waals surface area (Å²) in [6.07, 6.45) is 0. The lowest BCUT2D eigenvalue weighted by atomic mass is 10.2. The molecule has 1 fully saturated rings. The van der Waals surface area contributed by atoms with Crippen LogP contribution in [0.3, 0.4) is 0 Å². The van der Waals surface area contributed by atoms with Gasteiger partial charge in [-0.25, -0.2) is 4.98 Å². The van der Waals surface area contributed by atoms with Crippen molar-refractivity contribution >= 4 is 28.2 Å². The zero-order valence-electron chi connectivity index (χ0n) is 13.6. The number of carbonyl (C=O) groups is 1. The summed E-state index contributed by atoms with van der Waals surface area (Å²) in [5.74, 6) is 1.09. The van der Waals surface area contributed by atoms with Gasteiger partial charge in [0, 0.05) is 37.6 Å². The van der Waals surface area contributed by atoms with Gasteiger partial charge in [-0.15, -0.1) is 11.3 Å². The summed E-state index contributed by atoms with van der Waals surface area (Å²) in [5.41, 5.74) is 1.06. The van der Waals surface area contributed by atoms with Crippen molar-refractivity contribution in [3.05, 3.63) is 22.9 Å². The van der Waals surface area contributed by atoms with Crippen LogP contribution in [0, 0.1) is 13.8 Å². The van der Waals surface area contributed by atoms with E-state index in [1.165, 1.54) is 0 Å². The highest BCUT2D eigenvalue weighted by molar-refractivity contribution is 7.13. The van der Waals surface area contributed by atoms with Crippen molar-refractivity contribution in [2.75, 3.05) is 36.4 Å². The van der Waals surface area contributed by atoms with Gasteiger partial charge >= 0.3 is 0 Å². The molecule has 0 bridgehead atoms. The van der Waals surface area contributed by atoms with E-state index < -0.39 is 0 Å². The Morgan fingerprint density at radius 1 is 1.35 bits per heavy atom. The number of piperazine rings is 1. The number of aryl methyl sites for hydroxylation is 2. The fourth-order valence-electron chi connectivity index (χ4n) is 2.61. The molecule has 124 valence electrons. The number of anilines is 2. The zero-order valence-corrected chi connectivity index (χ0v) is 14.4. The zero-order chi connectivity index (χ0) is 16.4. The SMILES string of the molecule is Cc1csc(N2CCN(C(C)C(=O)Nc3cc(C)on3)CC2)n1. The van der Waals surface area contributed by atoms with E-state index in [-0.39, 0.29) is 11.9 Å². The van der Waals surface area contributed by atoms with E-state index in [1.54, 1.807) is 24.3 Å². The van der Waals surface area contributed by atoms with Gasteiger partial charge in [-0.3, -0.25) is 9.69 Å². The van der Waals surface area contributed by atoms with Crippen LogP contribution in [0.2, 0.25) is 0 Å². The van der Waals surface area contributed by atoms with Gasteiger partial charge in [-0.2, -0.15) is 0 Å². The van der Waals surface area contributed by atoms with Crippen molar-refractivity contribution in [1.82, 2.24) is 15.0 Å². The number of nitrogens with zero attached hydrogens (tertiary/aromatic N) is 4. The Kier molecular flexibility index (Phi) is 4.63. The molecular weight excluding hydrogens is 314 g/mol. The molecule has 1 atom stereocenters. The standard InChI is InChI=1S/C15H21N5O2S/c1-10-9-23-15(16-10)20-6-4-19(5-7-20)12(3)14(21)17-13-8-11(2)22-18-13/h8-9,12H,4-7H2,1-3H3,(H,17,18,21). The fourth-order valence-corrected chi connectivity index (χ4v) is 3.47. The Bertz CT molecular complexity index is 675. The maximum Gasteiger partial charge on any atom is 0.242 e. The number of aromatic nitrogens is 2. The first-order valence-corrected chi connectivity index (χ1v) is 8.56. The molecule has 1 saturated heterocycles. The molecule has 1 unspecified atom stereocenters. The number of hydrogen-bond acceptors (Lipinski definition) is 7. The minimum Gasteiger partial charge on any atom is -0.360 e. The van der Waals surface area contributed by atoms with Crippen LogP contribution >= 0.6 is 11.3 Å². The minimum atomic E-state index is -0.202. The molecular formula is C15H21N5O2S. The predicted octanol–water partition coefficient (Wildman–Crippen LogP) is 1.90. The first-order chi connectivity index (χ1) is 11.0. The maximum absolute atomic E-state index is 12.3. The van der Waals surface area contributed by atoms with Crippen molar-refractivity contribution in [1.29, 1.82) is 0 Å². The van der Waals surface area contributed by atoms with Crippen molar-refractivity contribution < 1.29 is 9.32 Å². The van der Waals surface area contributed by atoms with Gasteiger partial charge in [0.2, 0.25) is 5.91 Å². The molecule has 3 rings (SSSR count). The third-order valence-electron chi connectivity index (χ3n) is 4.00. The van der Waals surface area contributed by atoms with E-state index in [9.17, 15) is 4.79 Å². The average molecular weight is 335 g/mol. The second-order valence-corrected chi connectivity index (χ2v) is 6.62. The summed E-state index contributed by atoms with van der Waals surface area (Å²) in [4.78, 5) is 21.3. The quantitative estimate of drug-likeness (QED) is 0.920. The summed E-state index contributed by atoms with van der Waals surface area (Å²) in [6.45, 7) is 9.17. The first kappa shape index (κ1) is 15.9. The number of thiazole rings is 1. The number of amides is 1. The van der Waals surface area contributed by atoms with Crippen molar-refractivity contribution in [2.45, 2.75) is 26.8 Å². The van der Waals surface area contributed by atoms with Gasteiger partial charge in [0.05, 0.1) is 11.7 Å². The Labute approximate surface area is 139 Å². The monoisotopic (exact) mass is 335 g/mol. The van der Waals surface area contributed by atoms with Crippen LogP contribution < -0.4 is 10.2 Å². The van der Waals surface area contributed by atoms with Crippen molar-refractivity contribution in [3.63, 3.8) is 0 Å². The van der Waals surface area contributed by atoms with E-state index in [2.05, 4.69) is 30.6 Å². The van der Waals surface area contributed by atoms with Gasteiger partial charge in [0.25, 0.3) is 0 Å². The third-order valence-corrected chi connectivity index (χ3v) is 5.02. The van der Waals surface area contributed by atoms with E-state index >= 15 is 0 Å². The van der Waals surface area contributed by atoms with Crippen molar-refractivity contribution in [2.24, 2.45) is 0 Å². The summed E-state index contributed by atoms with van der Waals surface area (Å²) in [7, 11) is 0. The predicted molar refractivity (Wildman–Crippen MR) is 90.0 cm³/mol. The van der Waals surface area contributed by atoms with Gasteiger partial charge < -0.3 is 14.7 Å². The molecule has 1 aliphatic rings. The van der Waals surface area contributed by atoms with Crippen LogP contribution in [0.1, 0.15) is 18.4 Å². The number of nitrogens with one attached hydrogen (secondary N) is 1. The molecule has 2 aromatic heterocycles. The molecule has 23 heavy (non-hydrogen) atoms. The second kappa shape index (κ2) is 6.67. The average Bonchev–Trinajstić information content (AvgIpc) is 3.15. The van der Waals surface area contributed by atoms with Crippen LogP contribution in [-0.2, 0) is 4.79 Å². The highest BCUT2D eigenvalue weighted by Crippen LogP contribution is 2.22. The summed E-state index contributed by atoms with van der Waals surface area (Å²) >= 11 is 1.67. The normalized spacial score (nSPS) is 17.3. The van der Waals surface area contributed by atoms with Crippen LogP contribution in [0.15, 0.2) is 16.0 Å².